The van der Waals surface area contributed by atoms with Gasteiger partial charge in [-0.25, -0.2) is 4.57 Å². The molecule has 10 heteroatoms. The Hall–Kier alpha value is -5.90. The molecule has 0 spiro atoms. The lowest BCUT2D eigenvalue weighted by atomic mass is 9.87. The fraction of sp³-hybridized carbons (Fsp3) is 0.100. The zero-order valence-corrected chi connectivity index (χ0v) is 26.0. The van der Waals surface area contributed by atoms with E-state index in [9.17, 15) is 35.9 Å². The van der Waals surface area contributed by atoms with Crippen LogP contribution in [0.25, 0.3) is 71.4 Å². The zero-order valence-electron chi connectivity index (χ0n) is 26.0. The van der Waals surface area contributed by atoms with E-state index >= 15 is 0 Å². The molecular formula is C40H23F6NO3. The summed E-state index contributed by atoms with van der Waals surface area (Å²) in [5, 5.41) is 1.96. The predicted octanol–water partition coefficient (Wildman–Crippen LogP) is 10.8. The van der Waals surface area contributed by atoms with Crippen LogP contribution in [0.5, 0.6) is 0 Å². The van der Waals surface area contributed by atoms with Crippen LogP contribution in [0.15, 0.2) is 123 Å². The Labute approximate surface area is 278 Å². The predicted molar refractivity (Wildman–Crippen MR) is 182 cm³/mol. The molecule has 0 aliphatic heterocycles. The lowest BCUT2D eigenvalue weighted by molar-refractivity contribution is -0.138. The summed E-state index contributed by atoms with van der Waals surface area (Å²) in [5.41, 5.74) is 0.297. The van der Waals surface area contributed by atoms with E-state index < -0.39 is 34.6 Å². The summed E-state index contributed by atoms with van der Waals surface area (Å²) >= 11 is 0. The Morgan fingerprint density at radius 3 is 1.64 bits per heavy atom. The molecule has 248 valence electrons. The van der Waals surface area contributed by atoms with Crippen LogP contribution in [0.2, 0.25) is 0 Å². The van der Waals surface area contributed by atoms with Crippen molar-refractivity contribution < 1.29 is 30.8 Å². The molecule has 0 aliphatic rings. The minimum Gasteiger partial charge on any atom is -0.455 e. The van der Waals surface area contributed by atoms with Crippen LogP contribution in [0.3, 0.4) is 0 Å². The van der Waals surface area contributed by atoms with Crippen molar-refractivity contribution >= 4 is 43.5 Å². The van der Waals surface area contributed by atoms with Crippen LogP contribution >= 0.6 is 0 Å². The average molecular weight is 680 g/mol. The molecule has 8 aromatic rings. The summed E-state index contributed by atoms with van der Waals surface area (Å²) < 4.78 is 88.9. The fourth-order valence-corrected chi connectivity index (χ4v) is 6.77. The summed E-state index contributed by atoms with van der Waals surface area (Å²) in [5.74, 6) is 0. The van der Waals surface area contributed by atoms with E-state index in [4.69, 9.17) is 4.42 Å². The minimum atomic E-state index is -4.58. The molecule has 0 radical (unpaired) electrons. The van der Waals surface area contributed by atoms with E-state index in [1.807, 2.05) is 6.92 Å². The van der Waals surface area contributed by atoms with Crippen molar-refractivity contribution in [1.82, 2.24) is 4.57 Å². The number of benzene rings is 6. The third-order valence-electron chi connectivity index (χ3n) is 9.24. The van der Waals surface area contributed by atoms with Gasteiger partial charge in [0.2, 0.25) is 0 Å². The third-order valence-corrected chi connectivity index (χ3v) is 9.24. The van der Waals surface area contributed by atoms with E-state index in [1.165, 1.54) is 30.3 Å². The van der Waals surface area contributed by atoms with Gasteiger partial charge in [0.15, 0.2) is 0 Å². The highest BCUT2D eigenvalue weighted by molar-refractivity contribution is 6.32. The maximum atomic E-state index is 14.4. The summed E-state index contributed by atoms with van der Waals surface area (Å²) in [7, 11) is 0. The van der Waals surface area contributed by atoms with Gasteiger partial charge in [-0.15, -0.1) is 0 Å². The van der Waals surface area contributed by atoms with Gasteiger partial charge in [-0.05, 0) is 83.3 Å². The number of rotatable bonds is 4. The van der Waals surface area contributed by atoms with Crippen LogP contribution in [0.1, 0.15) is 23.6 Å². The Balaban J connectivity index is 1.57. The van der Waals surface area contributed by atoms with Crippen molar-refractivity contribution in [2.45, 2.75) is 25.7 Å². The highest BCUT2D eigenvalue weighted by atomic mass is 19.4. The van der Waals surface area contributed by atoms with Gasteiger partial charge >= 0.3 is 12.4 Å². The number of hydrogen-bond donors (Lipinski definition) is 0. The van der Waals surface area contributed by atoms with Gasteiger partial charge in [0.25, 0.3) is 11.1 Å². The molecule has 0 atom stereocenters. The van der Waals surface area contributed by atoms with Crippen LogP contribution < -0.4 is 11.1 Å². The number of pyridine rings is 1. The van der Waals surface area contributed by atoms with Crippen molar-refractivity contribution in [1.29, 1.82) is 0 Å². The molecular weight excluding hydrogens is 656 g/mol. The highest BCUT2D eigenvalue weighted by Crippen LogP contribution is 2.46. The lowest BCUT2D eigenvalue weighted by Gasteiger charge is -2.20. The molecule has 0 amide bonds. The Bertz CT molecular complexity index is 2690. The smallest absolute Gasteiger partial charge is 0.416 e. The first kappa shape index (κ1) is 31.4. The second kappa shape index (κ2) is 11.1. The van der Waals surface area contributed by atoms with E-state index in [0.717, 1.165) is 40.8 Å². The first-order chi connectivity index (χ1) is 23.8. The Morgan fingerprint density at radius 2 is 1.10 bits per heavy atom. The molecule has 0 unspecified atom stereocenters. The van der Waals surface area contributed by atoms with E-state index in [0.29, 0.717) is 49.7 Å². The molecule has 2 heterocycles. The first-order valence-corrected chi connectivity index (χ1v) is 15.6. The molecule has 0 aliphatic carbocycles. The standard InChI is InChI=1S/C40H23F6NO3/c1-2-21-7-17-26(18-8-21)47-37(48)30-19-28(22-9-13-24(14-10-22)39(41,42)43)33-27-5-3-4-6-32(27)50-36-29(20-31(38(47)49)34(30)35(33)36)23-11-15-25(16-12-23)40(44,45)46/h3-20H,2H2,1H3. The summed E-state index contributed by atoms with van der Waals surface area (Å²) in [6.07, 6.45) is -8.43. The highest BCUT2D eigenvalue weighted by Gasteiger charge is 2.32. The summed E-state index contributed by atoms with van der Waals surface area (Å²) in [6.45, 7) is 1.97. The molecule has 0 bridgehead atoms. The third kappa shape index (κ3) is 4.85. The van der Waals surface area contributed by atoms with Crippen LogP contribution in [0.4, 0.5) is 26.3 Å². The van der Waals surface area contributed by atoms with Crippen LogP contribution in [0, 0.1) is 0 Å². The van der Waals surface area contributed by atoms with Crippen LogP contribution in [-0.4, -0.2) is 4.57 Å². The number of nitrogens with zero attached hydrogens (tertiary/aromatic N) is 1. The number of aromatic nitrogens is 1. The zero-order chi connectivity index (χ0) is 35.1. The second-order valence-electron chi connectivity index (χ2n) is 12.1. The Kier molecular flexibility index (Phi) is 6.94. The normalized spacial score (nSPS) is 12.5. The average Bonchev–Trinajstić information content (AvgIpc) is 3.11. The van der Waals surface area contributed by atoms with Crippen LogP contribution in [-0.2, 0) is 18.8 Å². The maximum absolute atomic E-state index is 14.4. The second-order valence-corrected chi connectivity index (χ2v) is 12.1. The minimum absolute atomic E-state index is 0.121. The number of hydrogen-bond acceptors (Lipinski definition) is 3. The van der Waals surface area contributed by atoms with Gasteiger partial charge in [-0.1, -0.05) is 61.5 Å². The Morgan fingerprint density at radius 1 is 0.580 bits per heavy atom. The van der Waals surface area contributed by atoms with Gasteiger partial charge in [-0.2, -0.15) is 26.3 Å². The topological polar surface area (TPSA) is 52.2 Å². The summed E-state index contributed by atoms with van der Waals surface area (Å²) in [6, 6.07) is 26.0. The van der Waals surface area contributed by atoms with Crippen molar-refractivity contribution in [3.05, 3.63) is 147 Å². The number of fused-ring (bicyclic) bond motifs is 2. The number of alkyl halides is 6. The van der Waals surface area contributed by atoms with E-state index in [1.54, 1.807) is 54.6 Å². The largest absolute Gasteiger partial charge is 0.455 e. The van der Waals surface area contributed by atoms with Crippen molar-refractivity contribution in [3.8, 4) is 27.9 Å². The van der Waals surface area contributed by atoms with Gasteiger partial charge in [0, 0.05) is 37.9 Å². The SMILES string of the molecule is CCc1ccc(-n2c(=O)c3cc(-c4ccc(C(F)(F)F)cc4)c4oc5ccccc5c5c(-c6ccc(C(F)(F)F)cc6)cc(c2=O)c3c45)cc1. The lowest BCUT2D eigenvalue weighted by Crippen LogP contribution is -2.32. The molecule has 8 rings (SSSR count). The molecule has 0 N–H and O–H groups in total. The number of aryl methyl sites for hydroxylation is 1. The van der Waals surface area contributed by atoms with Crippen molar-refractivity contribution in [2.24, 2.45) is 0 Å². The van der Waals surface area contributed by atoms with Gasteiger partial charge in [-0.3, -0.25) is 9.59 Å². The maximum Gasteiger partial charge on any atom is 0.416 e. The molecule has 0 saturated carbocycles. The van der Waals surface area contributed by atoms with Crippen molar-refractivity contribution in [2.75, 3.05) is 0 Å². The molecule has 50 heavy (non-hydrogen) atoms. The van der Waals surface area contributed by atoms with Gasteiger partial charge < -0.3 is 4.42 Å². The molecule has 4 nitrogen and oxygen atoms in total. The fourth-order valence-electron chi connectivity index (χ4n) is 6.77. The number of halogens is 6. The van der Waals surface area contributed by atoms with Crippen molar-refractivity contribution in [3.63, 3.8) is 0 Å². The van der Waals surface area contributed by atoms with E-state index in [-0.39, 0.29) is 21.7 Å². The monoisotopic (exact) mass is 679 g/mol. The van der Waals surface area contributed by atoms with E-state index in [2.05, 4.69) is 0 Å². The molecule has 6 aromatic carbocycles. The number of para-hydroxylation sites is 1. The molecule has 0 saturated heterocycles. The first-order valence-electron chi connectivity index (χ1n) is 15.6. The molecule has 2 aromatic heterocycles. The van der Waals surface area contributed by atoms with Gasteiger partial charge in [0.05, 0.1) is 16.8 Å². The van der Waals surface area contributed by atoms with Gasteiger partial charge in [0.1, 0.15) is 11.2 Å². The summed E-state index contributed by atoms with van der Waals surface area (Å²) in [4.78, 5) is 28.8. The quantitative estimate of drug-likeness (QED) is 0.106. The molecule has 0 fully saturated rings.